The van der Waals surface area contributed by atoms with Crippen LogP contribution in [0.25, 0.3) is 26.3 Å². The number of thiazole rings is 1. The molecule has 0 aliphatic heterocycles. The average Bonchev–Trinajstić information content (AvgIpc) is 3.62. The summed E-state index contributed by atoms with van der Waals surface area (Å²) in [6.07, 6.45) is 6.46. The molecule has 3 N–H and O–H groups in total. The lowest BCUT2D eigenvalue weighted by atomic mass is 10.1. The summed E-state index contributed by atoms with van der Waals surface area (Å²) in [5, 5.41) is 7.60. The van der Waals surface area contributed by atoms with Crippen LogP contribution in [0, 0.1) is 0 Å². The second kappa shape index (κ2) is 9.63. The highest BCUT2D eigenvalue weighted by atomic mass is 32.1. The molecule has 0 bridgehead atoms. The lowest BCUT2D eigenvalue weighted by Gasteiger charge is -2.14. The summed E-state index contributed by atoms with van der Waals surface area (Å²) in [5.74, 6) is 0.259. The lowest BCUT2D eigenvalue weighted by molar-refractivity contribution is -0.122. The number of hydrogen-bond donors (Lipinski definition) is 3. The maximum absolute atomic E-state index is 12.8. The summed E-state index contributed by atoms with van der Waals surface area (Å²) < 4.78 is 8.15. The molecule has 9 heteroatoms. The first-order valence-corrected chi connectivity index (χ1v) is 12.1. The number of carbonyl (C=O) groups is 2. The summed E-state index contributed by atoms with van der Waals surface area (Å²) >= 11 is 1.51. The Hall–Kier alpha value is -4.11. The quantitative estimate of drug-likeness (QED) is 0.307. The Kier molecular flexibility index (Phi) is 6.24. The Morgan fingerprint density at radius 1 is 1.17 bits per heavy atom. The zero-order chi connectivity index (χ0) is 24.4. The number of ether oxygens (including phenoxy) is 1. The standard InChI is InChI=1S/C26H25N5O3S/c1-16(24(32)27-10-9-18-15-28-21-8-6-19(34-2)14-20(18)21)29-25(33)17-5-7-22-23(13-17)35-26(30-22)31-11-3-4-12-31/h3-8,11-16,28H,9-10H2,1-2H3,(H,27,32)(H,29,33). The number of hydrogen-bond acceptors (Lipinski definition) is 5. The van der Waals surface area contributed by atoms with Gasteiger partial charge in [0, 0.05) is 41.6 Å². The van der Waals surface area contributed by atoms with Crippen LogP contribution in [0.15, 0.2) is 67.1 Å². The number of amides is 2. The minimum atomic E-state index is -0.668. The van der Waals surface area contributed by atoms with Gasteiger partial charge < -0.3 is 24.9 Å². The van der Waals surface area contributed by atoms with E-state index in [0.29, 0.717) is 18.5 Å². The molecule has 0 radical (unpaired) electrons. The number of fused-ring (bicyclic) bond motifs is 2. The van der Waals surface area contributed by atoms with E-state index in [2.05, 4.69) is 20.6 Å². The van der Waals surface area contributed by atoms with Gasteiger partial charge in [-0.05, 0) is 67.4 Å². The van der Waals surface area contributed by atoms with Gasteiger partial charge in [-0.15, -0.1) is 0 Å². The largest absolute Gasteiger partial charge is 0.497 e. The normalized spacial score (nSPS) is 12.1. The Bertz CT molecular complexity index is 1500. The third-order valence-electron chi connectivity index (χ3n) is 5.87. The van der Waals surface area contributed by atoms with Crippen molar-refractivity contribution >= 4 is 44.3 Å². The van der Waals surface area contributed by atoms with Crippen LogP contribution in [0.4, 0.5) is 0 Å². The highest BCUT2D eigenvalue weighted by Gasteiger charge is 2.17. The Morgan fingerprint density at radius 3 is 2.80 bits per heavy atom. The number of methoxy groups -OCH3 is 1. The summed E-state index contributed by atoms with van der Waals surface area (Å²) in [5.41, 5.74) is 3.43. The van der Waals surface area contributed by atoms with Gasteiger partial charge in [-0.3, -0.25) is 9.59 Å². The van der Waals surface area contributed by atoms with Crippen molar-refractivity contribution < 1.29 is 14.3 Å². The van der Waals surface area contributed by atoms with Crippen LogP contribution in [0.2, 0.25) is 0 Å². The molecule has 0 fully saturated rings. The third kappa shape index (κ3) is 4.76. The minimum absolute atomic E-state index is 0.232. The summed E-state index contributed by atoms with van der Waals surface area (Å²) in [7, 11) is 1.64. The molecule has 0 saturated heterocycles. The lowest BCUT2D eigenvalue weighted by Crippen LogP contribution is -2.45. The molecule has 5 rings (SSSR count). The highest BCUT2D eigenvalue weighted by Crippen LogP contribution is 2.26. The Balaban J connectivity index is 1.18. The Morgan fingerprint density at radius 2 is 2.00 bits per heavy atom. The molecule has 8 nitrogen and oxygen atoms in total. The van der Waals surface area contributed by atoms with E-state index in [-0.39, 0.29) is 11.8 Å². The first kappa shape index (κ1) is 22.7. The minimum Gasteiger partial charge on any atom is -0.497 e. The predicted molar refractivity (Wildman–Crippen MR) is 137 cm³/mol. The molecule has 35 heavy (non-hydrogen) atoms. The SMILES string of the molecule is COc1ccc2[nH]cc(CCNC(=O)C(C)NC(=O)c3ccc4nc(-n5cccc5)sc4c3)c2c1. The highest BCUT2D eigenvalue weighted by molar-refractivity contribution is 7.20. The molecule has 3 heterocycles. The van der Waals surface area contributed by atoms with Gasteiger partial charge in [0.1, 0.15) is 11.8 Å². The van der Waals surface area contributed by atoms with Gasteiger partial charge in [0.15, 0.2) is 5.13 Å². The van der Waals surface area contributed by atoms with Gasteiger partial charge in [0.25, 0.3) is 5.91 Å². The average molecular weight is 488 g/mol. The van der Waals surface area contributed by atoms with Gasteiger partial charge >= 0.3 is 0 Å². The zero-order valence-corrected chi connectivity index (χ0v) is 20.2. The molecule has 178 valence electrons. The molecule has 0 aliphatic rings. The first-order valence-electron chi connectivity index (χ1n) is 11.3. The molecule has 0 saturated carbocycles. The van der Waals surface area contributed by atoms with Gasteiger partial charge in [-0.1, -0.05) is 11.3 Å². The number of nitrogens with zero attached hydrogens (tertiary/aromatic N) is 2. The third-order valence-corrected chi connectivity index (χ3v) is 6.91. The van der Waals surface area contributed by atoms with Crippen molar-refractivity contribution in [1.82, 2.24) is 25.2 Å². The topological polar surface area (TPSA) is 101 Å². The second-order valence-electron chi connectivity index (χ2n) is 8.23. The van der Waals surface area contributed by atoms with Crippen molar-refractivity contribution in [3.63, 3.8) is 0 Å². The predicted octanol–water partition coefficient (Wildman–Crippen LogP) is 4.05. The molecule has 1 atom stereocenters. The van der Waals surface area contributed by atoms with Crippen molar-refractivity contribution in [2.75, 3.05) is 13.7 Å². The van der Waals surface area contributed by atoms with Crippen molar-refractivity contribution in [2.24, 2.45) is 0 Å². The van der Waals surface area contributed by atoms with E-state index < -0.39 is 6.04 Å². The monoisotopic (exact) mass is 487 g/mol. The zero-order valence-electron chi connectivity index (χ0n) is 19.4. The molecular weight excluding hydrogens is 462 g/mol. The first-order chi connectivity index (χ1) is 17.0. The molecular formula is C26H25N5O3S. The van der Waals surface area contributed by atoms with Crippen molar-refractivity contribution in [2.45, 2.75) is 19.4 Å². The van der Waals surface area contributed by atoms with Crippen LogP contribution in [-0.2, 0) is 11.2 Å². The second-order valence-corrected chi connectivity index (χ2v) is 9.24. The fraction of sp³-hybridized carbons (Fsp3) is 0.192. The summed E-state index contributed by atoms with van der Waals surface area (Å²) in [6.45, 7) is 2.14. The van der Waals surface area contributed by atoms with E-state index in [9.17, 15) is 9.59 Å². The summed E-state index contributed by atoms with van der Waals surface area (Å²) in [6, 6.07) is 14.4. The number of aromatic amines is 1. The van der Waals surface area contributed by atoms with E-state index in [4.69, 9.17) is 4.74 Å². The van der Waals surface area contributed by atoms with E-state index in [0.717, 1.165) is 37.6 Å². The van der Waals surface area contributed by atoms with Gasteiger partial charge in [0.05, 0.1) is 17.3 Å². The fourth-order valence-corrected chi connectivity index (χ4v) is 4.91. The van der Waals surface area contributed by atoms with Crippen molar-refractivity contribution in [3.8, 4) is 10.9 Å². The van der Waals surface area contributed by atoms with Crippen LogP contribution in [0.1, 0.15) is 22.8 Å². The molecule has 2 amide bonds. The van der Waals surface area contributed by atoms with Gasteiger partial charge in [-0.2, -0.15) is 0 Å². The van der Waals surface area contributed by atoms with Crippen molar-refractivity contribution in [3.05, 3.63) is 78.2 Å². The van der Waals surface area contributed by atoms with Gasteiger partial charge in [0.2, 0.25) is 5.91 Å². The number of carbonyl (C=O) groups excluding carboxylic acids is 2. The smallest absolute Gasteiger partial charge is 0.251 e. The number of aromatic nitrogens is 3. The van der Waals surface area contributed by atoms with Crippen molar-refractivity contribution in [1.29, 1.82) is 0 Å². The van der Waals surface area contributed by atoms with Crippen LogP contribution in [0.5, 0.6) is 5.75 Å². The summed E-state index contributed by atoms with van der Waals surface area (Å²) in [4.78, 5) is 33.2. The number of nitrogens with one attached hydrogen (secondary N) is 3. The van der Waals surface area contributed by atoms with Crippen LogP contribution < -0.4 is 15.4 Å². The molecule has 0 aliphatic carbocycles. The fourth-order valence-electron chi connectivity index (χ4n) is 3.94. The number of H-pyrrole nitrogens is 1. The van der Waals surface area contributed by atoms with Crippen LogP contribution in [-0.4, -0.2) is 46.0 Å². The maximum Gasteiger partial charge on any atom is 0.251 e. The molecule has 0 spiro atoms. The number of rotatable bonds is 8. The van der Waals surface area contributed by atoms with Crippen LogP contribution >= 0.6 is 11.3 Å². The molecule has 1 unspecified atom stereocenters. The molecule has 5 aromatic rings. The maximum atomic E-state index is 12.8. The van der Waals surface area contributed by atoms with Gasteiger partial charge in [-0.25, -0.2) is 4.98 Å². The van der Waals surface area contributed by atoms with E-state index in [1.807, 2.05) is 65.6 Å². The van der Waals surface area contributed by atoms with Crippen LogP contribution in [0.3, 0.4) is 0 Å². The molecule has 2 aromatic carbocycles. The molecule has 3 aromatic heterocycles. The van der Waals surface area contributed by atoms with E-state index in [1.54, 1.807) is 20.1 Å². The Labute approximate surface area is 205 Å². The number of benzene rings is 2. The van der Waals surface area contributed by atoms with E-state index >= 15 is 0 Å². The van der Waals surface area contributed by atoms with E-state index in [1.165, 1.54) is 11.3 Å².